The second-order valence-corrected chi connectivity index (χ2v) is 6.21. The molecule has 144 valence electrons. The number of fused-ring (bicyclic) bond motifs is 1. The summed E-state index contributed by atoms with van der Waals surface area (Å²) in [5.74, 6) is 0.395. The Morgan fingerprint density at radius 2 is 2.26 bits per heavy atom. The molecule has 2 aromatic rings. The SMILES string of the molecule is CN(C)C=Nc1ncnc2c1ncn2[C@@H]1O[C@H](CO)C(O)C1OCCC#N. The number of ether oxygens (including phenoxy) is 2. The van der Waals surface area contributed by atoms with Gasteiger partial charge >= 0.3 is 0 Å². The van der Waals surface area contributed by atoms with E-state index in [0.717, 1.165) is 0 Å². The smallest absolute Gasteiger partial charge is 0.184 e. The highest BCUT2D eigenvalue weighted by atomic mass is 16.6. The zero-order valence-electron chi connectivity index (χ0n) is 15.0. The van der Waals surface area contributed by atoms with Gasteiger partial charge in [-0.3, -0.25) is 4.57 Å². The van der Waals surface area contributed by atoms with Crippen molar-refractivity contribution in [2.75, 3.05) is 27.3 Å². The molecule has 0 spiro atoms. The topological polar surface area (TPSA) is 142 Å². The van der Waals surface area contributed by atoms with Gasteiger partial charge in [-0.05, 0) is 0 Å². The van der Waals surface area contributed by atoms with Crippen LogP contribution in [-0.4, -0.2) is 86.6 Å². The number of hydrogen-bond acceptors (Lipinski definition) is 9. The molecule has 3 heterocycles. The lowest BCUT2D eigenvalue weighted by Crippen LogP contribution is -2.35. The minimum atomic E-state index is -1.05. The standard InChI is InChI=1S/C16H21N7O4/c1-22(2)8-21-14-11-15(19-7-18-14)23(9-20-11)16-13(26-5-3-4-17)12(25)10(6-24)27-16/h7-10,12-13,16,24-25H,3,5-6H2,1-2H3/t10-,12?,13?,16-/m1/s1. The maximum Gasteiger partial charge on any atom is 0.184 e. The first-order valence-electron chi connectivity index (χ1n) is 8.38. The third-order valence-electron chi connectivity index (χ3n) is 4.04. The number of nitriles is 1. The maximum atomic E-state index is 10.4. The van der Waals surface area contributed by atoms with Crippen molar-refractivity contribution in [2.24, 2.45) is 4.99 Å². The molecule has 3 rings (SSSR count). The molecule has 2 N–H and O–H groups in total. The zero-order chi connectivity index (χ0) is 19.4. The summed E-state index contributed by atoms with van der Waals surface area (Å²) in [6.07, 6.45) is 1.24. The van der Waals surface area contributed by atoms with E-state index in [2.05, 4.69) is 19.9 Å². The number of aromatic nitrogens is 4. The predicted octanol–water partition coefficient (Wildman–Crippen LogP) is -0.403. The van der Waals surface area contributed by atoms with Crippen molar-refractivity contribution in [3.05, 3.63) is 12.7 Å². The molecule has 2 aromatic heterocycles. The highest BCUT2D eigenvalue weighted by molar-refractivity contribution is 5.82. The number of aliphatic hydroxyl groups excluding tert-OH is 2. The second-order valence-electron chi connectivity index (χ2n) is 6.21. The van der Waals surface area contributed by atoms with Crippen LogP contribution >= 0.6 is 0 Å². The first-order chi connectivity index (χ1) is 13.1. The van der Waals surface area contributed by atoms with Crippen molar-refractivity contribution >= 4 is 23.3 Å². The number of nitrogens with zero attached hydrogens (tertiary/aromatic N) is 7. The normalized spacial score (nSPS) is 25.3. The molecule has 11 nitrogen and oxygen atoms in total. The summed E-state index contributed by atoms with van der Waals surface area (Å²) in [7, 11) is 3.68. The van der Waals surface area contributed by atoms with Crippen LogP contribution in [0.2, 0.25) is 0 Å². The van der Waals surface area contributed by atoms with E-state index in [4.69, 9.17) is 14.7 Å². The van der Waals surface area contributed by atoms with Crippen LogP contribution in [-0.2, 0) is 9.47 Å². The molecule has 0 saturated carbocycles. The predicted molar refractivity (Wildman–Crippen MR) is 94.1 cm³/mol. The van der Waals surface area contributed by atoms with Gasteiger partial charge < -0.3 is 24.6 Å². The van der Waals surface area contributed by atoms with Gasteiger partial charge in [0.15, 0.2) is 23.2 Å². The monoisotopic (exact) mass is 375 g/mol. The van der Waals surface area contributed by atoms with Gasteiger partial charge in [-0.25, -0.2) is 19.9 Å². The fraction of sp³-hybridized carbons (Fsp3) is 0.562. The van der Waals surface area contributed by atoms with Crippen molar-refractivity contribution in [3.8, 4) is 6.07 Å². The van der Waals surface area contributed by atoms with Crippen molar-refractivity contribution < 1.29 is 19.7 Å². The van der Waals surface area contributed by atoms with Crippen LogP contribution in [0.1, 0.15) is 12.6 Å². The molecule has 1 aliphatic rings. The Bertz CT molecular complexity index is 847. The first kappa shape index (κ1) is 19.1. The van der Waals surface area contributed by atoms with Gasteiger partial charge in [0.25, 0.3) is 0 Å². The number of rotatable bonds is 7. The first-order valence-corrected chi connectivity index (χ1v) is 8.38. The number of aliphatic hydroxyl groups is 2. The van der Waals surface area contributed by atoms with E-state index in [1.54, 1.807) is 15.8 Å². The molecule has 11 heteroatoms. The number of hydrogen-bond donors (Lipinski definition) is 2. The van der Waals surface area contributed by atoms with Gasteiger partial charge in [0.1, 0.15) is 24.6 Å². The summed E-state index contributed by atoms with van der Waals surface area (Å²) in [5.41, 5.74) is 0.928. The molecular formula is C16H21N7O4. The van der Waals surface area contributed by atoms with Crippen molar-refractivity contribution in [1.29, 1.82) is 5.26 Å². The number of aliphatic imine (C=N–C) groups is 1. The van der Waals surface area contributed by atoms with Crippen molar-refractivity contribution in [3.63, 3.8) is 0 Å². The van der Waals surface area contributed by atoms with Crippen LogP contribution in [0.5, 0.6) is 0 Å². The van der Waals surface area contributed by atoms with Gasteiger partial charge in [-0.2, -0.15) is 5.26 Å². The van der Waals surface area contributed by atoms with Crippen LogP contribution < -0.4 is 0 Å². The van der Waals surface area contributed by atoms with Crippen LogP contribution in [0, 0.1) is 11.3 Å². The lowest BCUT2D eigenvalue weighted by molar-refractivity contribution is -0.0693. The molecule has 0 radical (unpaired) electrons. The summed E-state index contributed by atoms with van der Waals surface area (Å²) in [4.78, 5) is 18.8. The fourth-order valence-corrected chi connectivity index (χ4v) is 2.80. The summed E-state index contributed by atoms with van der Waals surface area (Å²) >= 11 is 0. The van der Waals surface area contributed by atoms with Gasteiger partial charge in [0.2, 0.25) is 0 Å². The fourth-order valence-electron chi connectivity index (χ4n) is 2.80. The molecule has 1 saturated heterocycles. The third kappa shape index (κ3) is 3.88. The highest BCUT2D eigenvalue weighted by Crippen LogP contribution is 2.34. The number of imidazole rings is 1. The Balaban J connectivity index is 1.95. The van der Waals surface area contributed by atoms with E-state index in [1.807, 2.05) is 20.2 Å². The lowest BCUT2D eigenvalue weighted by atomic mass is 10.1. The van der Waals surface area contributed by atoms with E-state index in [1.165, 1.54) is 12.7 Å². The molecule has 0 bridgehead atoms. The largest absolute Gasteiger partial charge is 0.394 e. The highest BCUT2D eigenvalue weighted by Gasteiger charge is 2.45. The van der Waals surface area contributed by atoms with Crippen LogP contribution in [0.25, 0.3) is 11.2 Å². The van der Waals surface area contributed by atoms with Crippen LogP contribution in [0.3, 0.4) is 0 Å². The summed E-state index contributed by atoms with van der Waals surface area (Å²) < 4.78 is 13.0. The van der Waals surface area contributed by atoms with Gasteiger partial charge in [-0.15, -0.1) is 0 Å². The van der Waals surface area contributed by atoms with E-state index < -0.39 is 24.5 Å². The van der Waals surface area contributed by atoms with E-state index in [-0.39, 0.29) is 19.6 Å². The summed E-state index contributed by atoms with van der Waals surface area (Å²) in [6, 6.07) is 1.99. The second kappa shape index (κ2) is 8.36. The lowest BCUT2D eigenvalue weighted by Gasteiger charge is -2.21. The van der Waals surface area contributed by atoms with Gasteiger partial charge in [0, 0.05) is 14.1 Å². The molecule has 1 aliphatic heterocycles. The minimum Gasteiger partial charge on any atom is -0.394 e. The Morgan fingerprint density at radius 3 is 2.96 bits per heavy atom. The van der Waals surface area contributed by atoms with Crippen LogP contribution in [0.4, 0.5) is 5.82 Å². The summed E-state index contributed by atoms with van der Waals surface area (Å²) in [6.45, 7) is -0.230. The van der Waals surface area contributed by atoms with Gasteiger partial charge in [-0.1, -0.05) is 0 Å². The maximum absolute atomic E-state index is 10.4. The minimum absolute atomic E-state index is 0.135. The average molecular weight is 375 g/mol. The molecule has 2 unspecified atom stereocenters. The summed E-state index contributed by atoms with van der Waals surface area (Å²) in [5, 5.41) is 28.6. The molecule has 0 amide bonds. The van der Waals surface area contributed by atoms with E-state index in [9.17, 15) is 10.2 Å². The third-order valence-corrected chi connectivity index (χ3v) is 4.04. The molecule has 4 atom stereocenters. The quantitative estimate of drug-likeness (QED) is 0.375. The van der Waals surface area contributed by atoms with Gasteiger partial charge in [0.05, 0.1) is 38.4 Å². The Labute approximate surface area is 155 Å². The zero-order valence-corrected chi connectivity index (χ0v) is 15.0. The Hall–Kier alpha value is -2.65. The van der Waals surface area contributed by atoms with Crippen molar-refractivity contribution in [1.82, 2.24) is 24.4 Å². The molecule has 1 fully saturated rings. The molecule has 0 aliphatic carbocycles. The molecule has 0 aromatic carbocycles. The molecular weight excluding hydrogens is 354 g/mol. The van der Waals surface area contributed by atoms with E-state index in [0.29, 0.717) is 17.0 Å². The average Bonchev–Trinajstić information content (AvgIpc) is 3.22. The Morgan fingerprint density at radius 1 is 1.44 bits per heavy atom. The van der Waals surface area contributed by atoms with Crippen molar-refractivity contribution in [2.45, 2.75) is 31.0 Å². The van der Waals surface area contributed by atoms with Crippen LogP contribution in [0.15, 0.2) is 17.6 Å². The van der Waals surface area contributed by atoms with E-state index >= 15 is 0 Å². The Kier molecular flexibility index (Phi) is 5.92. The molecule has 27 heavy (non-hydrogen) atoms.